The molecule has 150 valence electrons. The van der Waals surface area contributed by atoms with Crippen LogP contribution in [-0.2, 0) is 4.79 Å². The first-order chi connectivity index (χ1) is 14.7. The first-order valence-corrected chi connectivity index (χ1v) is 9.74. The number of nitrogens with zero attached hydrogens (tertiary/aromatic N) is 4. The molecule has 1 atom stereocenters. The molecule has 1 amide bonds. The zero-order valence-corrected chi connectivity index (χ0v) is 16.2. The maximum absolute atomic E-state index is 12.0. The number of phenolic OH excluding ortho intramolecular Hbond substituents is 1. The van der Waals surface area contributed by atoms with Crippen LogP contribution in [0, 0.1) is 0 Å². The van der Waals surface area contributed by atoms with Crippen LogP contribution in [-0.4, -0.2) is 54.4 Å². The summed E-state index contributed by atoms with van der Waals surface area (Å²) in [6.45, 7) is 4.88. The van der Waals surface area contributed by atoms with E-state index in [1.54, 1.807) is 23.2 Å². The van der Waals surface area contributed by atoms with Gasteiger partial charge in [-0.1, -0.05) is 18.7 Å². The van der Waals surface area contributed by atoms with E-state index in [2.05, 4.69) is 32.0 Å². The fourth-order valence-electron chi connectivity index (χ4n) is 4.15. The molecule has 4 heterocycles. The first kappa shape index (κ1) is 18.1. The van der Waals surface area contributed by atoms with Crippen molar-refractivity contribution in [3.63, 3.8) is 0 Å². The molecule has 5 rings (SSSR count). The largest absolute Gasteiger partial charge is 0.507 e. The molecule has 8 nitrogen and oxygen atoms in total. The number of phenols is 1. The summed E-state index contributed by atoms with van der Waals surface area (Å²) in [5.74, 6) is 0.229. The first-order valence-electron chi connectivity index (χ1n) is 9.74. The van der Waals surface area contributed by atoms with E-state index in [1.807, 2.05) is 24.3 Å². The summed E-state index contributed by atoms with van der Waals surface area (Å²) < 4.78 is 0. The number of aromatic amines is 2. The topological polar surface area (TPSA) is 111 Å². The Hall–Kier alpha value is -3.94. The number of rotatable bonds is 4. The van der Waals surface area contributed by atoms with Gasteiger partial charge in [0.25, 0.3) is 0 Å². The molecule has 4 aromatic rings. The third kappa shape index (κ3) is 2.93. The molecule has 0 unspecified atom stereocenters. The summed E-state index contributed by atoms with van der Waals surface area (Å²) in [4.78, 5) is 17.3. The highest BCUT2D eigenvalue weighted by Gasteiger charge is 2.31. The number of fused-ring (bicyclic) bond motifs is 1. The third-order valence-electron chi connectivity index (χ3n) is 5.62. The van der Waals surface area contributed by atoms with Crippen molar-refractivity contribution >= 4 is 16.9 Å². The minimum absolute atomic E-state index is 0.0571. The summed E-state index contributed by atoms with van der Waals surface area (Å²) in [7, 11) is 0. The smallest absolute Gasteiger partial charge is 0.245 e. The number of H-pyrrole nitrogens is 2. The van der Waals surface area contributed by atoms with Crippen LogP contribution in [0.2, 0.25) is 0 Å². The standard InChI is InChI=1S/C22H20N6O2/c1-2-19(30)28-10-8-13(12-28)21-20(16-7-9-23-25-16)15-11-17(26-27-22(15)24-21)14-5-3-4-6-18(14)29/h2-7,9,11,13,29H,1,8,10,12H2,(H,23,25)(H,24,27)/t13-/m1/s1. The zero-order chi connectivity index (χ0) is 20.7. The van der Waals surface area contributed by atoms with Crippen molar-refractivity contribution in [2.45, 2.75) is 12.3 Å². The predicted molar refractivity (Wildman–Crippen MR) is 113 cm³/mol. The number of likely N-dealkylation sites (tertiary alicyclic amines) is 1. The second-order valence-electron chi connectivity index (χ2n) is 7.37. The van der Waals surface area contributed by atoms with Crippen molar-refractivity contribution in [3.8, 4) is 28.3 Å². The number of hydrogen-bond acceptors (Lipinski definition) is 5. The van der Waals surface area contributed by atoms with Gasteiger partial charge in [-0.25, -0.2) is 0 Å². The van der Waals surface area contributed by atoms with Crippen LogP contribution in [0.3, 0.4) is 0 Å². The minimum Gasteiger partial charge on any atom is -0.507 e. The van der Waals surface area contributed by atoms with Crippen LogP contribution < -0.4 is 0 Å². The molecule has 0 radical (unpaired) electrons. The average molecular weight is 400 g/mol. The van der Waals surface area contributed by atoms with E-state index in [0.717, 1.165) is 28.8 Å². The van der Waals surface area contributed by atoms with Crippen molar-refractivity contribution in [3.05, 3.63) is 60.9 Å². The Morgan fingerprint density at radius 2 is 2.13 bits per heavy atom. The maximum Gasteiger partial charge on any atom is 0.245 e. The van der Waals surface area contributed by atoms with Crippen LogP contribution >= 0.6 is 0 Å². The second-order valence-corrected chi connectivity index (χ2v) is 7.37. The van der Waals surface area contributed by atoms with Gasteiger partial charge >= 0.3 is 0 Å². The van der Waals surface area contributed by atoms with Gasteiger partial charge < -0.3 is 15.0 Å². The van der Waals surface area contributed by atoms with Gasteiger partial charge in [0, 0.05) is 47.4 Å². The van der Waals surface area contributed by atoms with Crippen LogP contribution in [0.15, 0.2) is 55.3 Å². The Morgan fingerprint density at radius 3 is 2.90 bits per heavy atom. The van der Waals surface area contributed by atoms with Gasteiger partial charge in [0.05, 0.1) is 11.4 Å². The number of aromatic hydroxyl groups is 1. The van der Waals surface area contributed by atoms with E-state index in [0.29, 0.717) is 30.0 Å². The molecule has 1 fully saturated rings. The molecule has 0 saturated carbocycles. The van der Waals surface area contributed by atoms with Crippen molar-refractivity contribution in [1.82, 2.24) is 30.3 Å². The predicted octanol–water partition coefficient (Wildman–Crippen LogP) is 3.22. The lowest BCUT2D eigenvalue weighted by Gasteiger charge is -2.14. The fraction of sp³-hybridized carbons (Fsp3) is 0.182. The van der Waals surface area contributed by atoms with E-state index in [1.165, 1.54) is 6.08 Å². The van der Waals surface area contributed by atoms with Crippen LogP contribution in [0.5, 0.6) is 5.75 Å². The molecule has 1 aliphatic heterocycles. The zero-order valence-electron chi connectivity index (χ0n) is 16.2. The summed E-state index contributed by atoms with van der Waals surface area (Å²) in [5.41, 5.74) is 4.68. The Labute approximate surface area is 172 Å². The average Bonchev–Trinajstić information content (AvgIpc) is 3.51. The van der Waals surface area contributed by atoms with E-state index < -0.39 is 0 Å². The number of carbonyl (C=O) groups excluding carboxylic acids is 1. The van der Waals surface area contributed by atoms with Gasteiger partial charge in [0.2, 0.25) is 5.91 Å². The van der Waals surface area contributed by atoms with Gasteiger partial charge in [0.1, 0.15) is 5.75 Å². The molecule has 0 spiro atoms. The Kier molecular flexibility index (Phi) is 4.31. The van der Waals surface area contributed by atoms with Gasteiger partial charge in [-0.05, 0) is 36.8 Å². The summed E-state index contributed by atoms with van der Waals surface area (Å²) in [6, 6.07) is 10.9. The lowest BCUT2D eigenvalue weighted by atomic mass is 9.97. The van der Waals surface area contributed by atoms with E-state index in [-0.39, 0.29) is 17.6 Å². The third-order valence-corrected chi connectivity index (χ3v) is 5.62. The molecule has 0 aliphatic carbocycles. The highest BCUT2D eigenvalue weighted by Crippen LogP contribution is 2.39. The minimum atomic E-state index is -0.0571. The lowest BCUT2D eigenvalue weighted by Crippen LogP contribution is -2.26. The van der Waals surface area contributed by atoms with Crippen molar-refractivity contribution in [2.75, 3.05) is 13.1 Å². The number of carbonyl (C=O) groups is 1. The molecule has 0 bridgehead atoms. The molecule has 1 aliphatic rings. The molecule has 1 aromatic carbocycles. The van der Waals surface area contributed by atoms with Gasteiger partial charge in [0.15, 0.2) is 5.65 Å². The highest BCUT2D eigenvalue weighted by atomic mass is 16.3. The molecule has 8 heteroatoms. The monoisotopic (exact) mass is 400 g/mol. The number of benzene rings is 1. The number of para-hydroxylation sites is 1. The molecule has 1 saturated heterocycles. The SMILES string of the molecule is C=CC(=O)N1CC[C@@H](c2[nH]c3nnc(-c4ccccc4O)cc3c2-c2ccn[nH]2)C1. The molecular weight excluding hydrogens is 380 g/mol. The summed E-state index contributed by atoms with van der Waals surface area (Å²) in [6.07, 6.45) is 3.90. The number of nitrogens with one attached hydrogen (secondary N) is 2. The van der Waals surface area contributed by atoms with E-state index in [4.69, 9.17) is 0 Å². The summed E-state index contributed by atoms with van der Waals surface area (Å²) in [5, 5.41) is 27.0. The van der Waals surface area contributed by atoms with Crippen molar-refractivity contribution < 1.29 is 9.90 Å². The number of aromatic nitrogens is 5. The van der Waals surface area contributed by atoms with E-state index >= 15 is 0 Å². The fourth-order valence-corrected chi connectivity index (χ4v) is 4.15. The Bertz CT molecular complexity index is 1240. The Balaban J connectivity index is 1.65. The number of hydrogen-bond donors (Lipinski definition) is 3. The van der Waals surface area contributed by atoms with Crippen molar-refractivity contribution in [2.24, 2.45) is 0 Å². The molecule has 3 N–H and O–H groups in total. The van der Waals surface area contributed by atoms with Crippen LogP contribution in [0.25, 0.3) is 33.5 Å². The molecular formula is C22H20N6O2. The highest BCUT2D eigenvalue weighted by molar-refractivity contribution is 5.96. The number of amides is 1. The van der Waals surface area contributed by atoms with Gasteiger partial charge in [-0.2, -0.15) is 5.10 Å². The van der Waals surface area contributed by atoms with Crippen LogP contribution in [0.4, 0.5) is 0 Å². The van der Waals surface area contributed by atoms with E-state index in [9.17, 15) is 9.90 Å². The quantitative estimate of drug-likeness (QED) is 0.456. The molecule has 3 aromatic heterocycles. The second kappa shape index (κ2) is 7.14. The maximum atomic E-state index is 12.0. The van der Waals surface area contributed by atoms with Gasteiger partial charge in [-0.15, -0.1) is 10.2 Å². The van der Waals surface area contributed by atoms with Crippen molar-refractivity contribution in [1.29, 1.82) is 0 Å². The lowest BCUT2D eigenvalue weighted by molar-refractivity contribution is -0.125. The van der Waals surface area contributed by atoms with Crippen LogP contribution in [0.1, 0.15) is 18.0 Å². The molecule has 30 heavy (non-hydrogen) atoms. The Morgan fingerprint density at radius 1 is 1.27 bits per heavy atom. The van der Waals surface area contributed by atoms with Gasteiger partial charge in [-0.3, -0.25) is 9.89 Å². The summed E-state index contributed by atoms with van der Waals surface area (Å²) >= 11 is 0. The normalized spacial score (nSPS) is 16.3.